The normalized spacial score (nSPS) is 12.4. The number of carboxylic acid groups (broad SMARTS) is 1. The standard InChI is InChI=1S/C11H10BrN3O2/c1-7(11(16)17)15-6-8(5-13-15)9-3-2-4-10(12)14-9/h2-7H,1H3,(H,16,17). The lowest BCUT2D eigenvalue weighted by atomic mass is 10.2. The Morgan fingerprint density at radius 3 is 2.94 bits per heavy atom. The summed E-state index contributed by atoms with van der Waals surface area (Å²) in [5.74, 6) is -0.915. The van der Waals surface area contributed by atoms with Crippen molar-refractivity contribution >= 4 is 21.9 Å². The van der Waals surface area contributed by atoms with Crippen molar-refractivity contribution < 1.29 is 9.90 Å². The summed E-state index contributed by atoms with van der Waals surface area (Å²) in [7, 11) is 0. The third-order valence-electron chi connectivity index (χ3n) is 2.37. The first kappa shape index (κ1) is 11.8. The Morgan fingerprint density at radius 1 is 1.53 bits per heavy atom. The van der Waals surface area contributed by atoms with E-state index in [0.29, 0.717) is 0 Å². The Balaban J connectivity index is 2.33. The number of aliphatic carboxylic acids is 1. The zero-order chi connectivity index (χ0) is 12.4. The highest BCUT2D eigenvalue weighted by molar-refractivity contribution is 9.10. The van der Waals surface area contributed by atoms with Crippen LogP contribution in [-0.4, -0.2) is 25.8 Å². The van der Waals surface area contributed by atoms with Crippen molar-refractivity contribution in [2.75, 3.05) is 0 Å². The summed E-state index contributed by atoms with van der Waals surface area (Å²) in [5.41, 5.74) is 1.54. The molecule has 88 valence electrons. The van der Waals surface area contributed by atoms with Gasteiger partial charge in [0.25, 0.3) is 0 Å². The molecule has 0 fully saturated rings. The van der Waals surface area contributed by atoms with Crippen LogP contribution in [0.15, 0.2) is 35.2 Å². The molecule has 1 N–H and O–H groups in total. The molecular formula is C11H10BrN3O2. The fraction of sp³-hybridized carbons (Fsp3) is 0.182. The van der Waals surface area contributed by atoms with Crippen LogP contribution in [0.25, 0.3) is 11.3 Å². The predicted molar refractivity (Wildman–Crippen MR) is 65.5 cm³/mol. The monoisotopic (exact) mass is 295 g/mol. The van der Waals surface area contributed by atoms with Crippen LogP contribution in [0.4, 0.5) is 0 Å². The van der Waals surface area contributed by atoms with Gasteiger partial charge in [0.2, 0.25) is 0 Å². The highest BCUT2D eigenvalue weighted by Gasteiger charge is 2.14. The van der Waals surface area contributed by atoms with Crippen molar-refractivity contribution in [2.45, 2.75) is 13.0 Å². The van der Waals surface area contributed by atoms with Gasteiger partial charge in [-0.2, -0.15) is 5.10 Å². The minimum atomic E-state index is -0.915. The molecule has 1 unspecified atom stereocenters. The topological polar surface area (TPSA) is 68.0 Å². The molecule has 0 spiro atoms. The van der Waals surface area contributed by atoms with E-state index in [1.165, 1.54) is 4.68 Å². The summed E-state index contributed by atoms with van der Waals surface area (Å²) in [6.45, 7) is 1.58. The summed E-state index contributed by atoms with van der Waals surface area (Å²) in [6, 6.07) is 4.85. The molecule has 0 aliphatic carbocycles. The van der Waals surface area contributed by atoms with Crippen molar-refractivity contribution in [3.05, 3.63) is 35.2 Å². The summed E-state index contributed by atoms with van der Waals surface area (Å²) in [4.78, 5) is 15.1. The van der Waals surface area contributed by atoms with Crippen molar-refractivity contribution in [1.29, 1.82) is 0 Å². The summed E-state index contributed by atoms with van der Waals surface area (Å²) < 4.78 is 2.13. The van der Waals surface area contributed by atoms with Crippen LogP contribution in [0.5, 0.6) is 0 Å². The number of pyridine rings is 1. The van der Waals surface area contributed by atoms with E-state index >= 15 is 0 Å². The number of halogens is 1. The Morgan fingerprint density at radius 2 is 2.29 bits per heavy atom. The molecule has 0 saturated heterocycles. The molecule has 2 aromatic rings. The lowest BCUT2D eigenvalue weighted by Crippen LogP contribution is -2.15. The molecule has 2 rings (SSSR count). The van der Waals surface area contributed by atoms with E-state index in [9.17, 15) is 4.79 Å². The van der Waals surface area contributed by atoms with Gasteiger partial charge in [0.15, 0.2) is 0 Å². The Hall–Kier alpha value is -1.69. The third kappa shape index (κ3) is 2.52. The lowest BCUT2D eigenvalue weighted by molar-refractivity contribution is -0.140. The SMILES string of the molecule is CC(C(=O)O)n1cc(-c2cccc(Br)n2)cn1. The van der Waals surface area contributed by atoms with E-state index in [1.54, 1.807) is 19.3 Å². The van der Waals surface area contributed by atoms with Crippen molar-refractivity contribution in [3.8, 4) is 11.3 Å². The van der Waals surface area contributed by atoms with Crippen LogP contribution in [0.2, 0.25) is 0 Å². The van der Waals surface area contributed by atoms with E-state index in [-0.39, 0.29) is 0 Å². The molecule has 0 aromatic carbocycles. The van der Waals surface area contributed by atoms with Gasteiger partial charge in [-0.1, -0.05) is 6.07 Å². The van der Waals surface area contributed by atoms with E-state index < -0.39 is 12.0 Å². The van der Waals surface area contributed by atoms with E-state index in [4.69, 9.17) is 5.11 Å². The molecule has 0 radical (unpaired) electrons. The average molecular weight is 296 g/mol. The van der Waals surface area contributed by atoms with E-state index in [1.807, 2.05) is 18.2 Å². The molecule has 0 amide bonds. The average Bonchev–Trinajstić information content (AvgIpc) is 2.77. The zero-order valence-electron chi connectivity index (χ0n) is 9.04. The van der Waals surface area contributed by atoms with E-state index in [0.717, 1.165) is 15.9 Å². The van der Waals surface area contributed by atoms with Crippen molar-refractivity contribution in [2.24, 2.45) is 0 Å². The fourth-order valence-corrected chi connectivity index (χ4v) is 1.71. The number of rotatable bonds is 3. The first-order valence-corrected chi connectivity index (χ1v) is 5.77. The number of carbonyl (C=O) groups is 1. The lowest BCUT2D eigenvalue weighted by Gasteiger charge is -2.05. The number of hydrogen-bond donors (Lipinski definition) is 1. The molecule has 0 bridgehead atoms. The number of nitrogens with zero attached hydrogens (tertiary/aromatic N) is 3. The van der Waals surface area contributed by atoms with Crippen molar-refractivity contribution in [3.63, 3.8) is 0 Å². The number of carboxylic acids is 1. The zero-order valence-corrected chi connectivity index (χ0v) is 10.6. The third-order valence-corrected chi connectivity index (χ3v) is 2.81. The molecule has 2 heterocycles. The quantitative estimate of drug-likeness (QED) is 0.883. The molecule has 2 aromatic heterocycles. The van der Waals surface area contributed by atoms with Crippen LogP contribution in [-0.2, 0) is 4.79 Å². The first-order valence-electron chi connectivity index (χ1n) is 4.98. The minimum Gasteiger partial charge on any atom is -0.480 e. The maximum atomic E-state index is 10.8. The molecule has 17 heavy (non-hydrogen) atoms. The maximum absolute atomic E-state index is 10.8. The summed E-state index contributed by atoms with van der Waals surface area (Å²) in [6.07, 6.45) is 3.28. The maximum Gasteiger partial charge on any atom is 0.328 e. The largest absolute Gasteiger partial charge is 0.480 e. The van der Waals surface area contributed by atoms with Gasteiger partial charge in [-0.3, -0.25) is 4.68 Å². The second-order valence-corrected chi connectivity index (χ2v) is 4.38. The highest BCUT2D eigenvalue weighted by atomic mass is 79.9. The second kappa shape index (κ2) is 4.67. The molecule has 5 nitrogen and oxygen atoms in total. The summed E-state index contributed by atoms with van der Waals surface area (Å²) >= 11 is 3.29. The smallest absolute Gasteiger partial charge is 0.328 e. The van der Waals surface area contributed by atoms with Gasteiger partial charge >= 0.3 is 5.97 Å². The Kier molecular flexibility index (Phi) is 3.23. The molecule has 0 aliphatic heterocycles. The van der Waals surface area contributed by atoms with Gasteiger partial charge in [0.1, 0.15) is 10.6 Å². The fourth-order valence-electron chi connectivity index (χ4n) is 1.36. The Labute approximate surface area is 106 Å². The van der Waals surface area contributed by atoms with Crippen LogP contribution in [0, 0.1) is 0 Å². The van der Waals surface area contributed by atoms with E-state index in [2.05, 4.69) is 26.0 Å². The van der Waals surface area contributed by atoms with Gasteiger partial charge in [0.05, 0.1) is 11.9 Å². The highest BCUT2D eigenvalue weighted by Crippen LogP contribution is 2.19. The van der Waals surface area contributed by atoms with Gasteiger partial charge in [-0.15, -0.1) is 0 Å². The molecule has 6 heteroatoms. The van der Waals surface area contributed by atoms with Crippen LogP contribution in [0.1, 0.15) is 13.0 Å². The van der Waals surface area contributed by atoms with Crippen LogP contribution < -0.4 is 0 Å². The summed E-state index contributed by atoms with van der Waals surface area (Å²) in [5, 5.41) is 12.9. The number of hydrogen-bond acceptors (Lipinski definition) is 3. The molecular weight excluding hydrogens is 286 g/mol. The molecule has 0 aliphatic rings. The van der Waals surface area contributed by atoms with Crippen LogP contribution in [0.3, 0.4) is 0 Å². The molecule has 1 atom stereocenters. The van der Waals surface area contributed by atoms with Crippen LogP contribution >= 0.6 is 15.9 Å². The van der Waals surface area contributed by atoms with Gasteiger partial charge in [0, 0.05) is 11.8 Å². The first-order chi connectivity index (χ1) is 8.08. The minimum absolute atomic E-state index is 0.684. The number of aromatic nitrogens is 3. The van der Waals surface area contributed by atoms with Crippen molar-refractivity contribution in [1.82, 2.24) is 14.8 Å². The van der Waals surface area contributed by atoms with Gasteiger partial charge in [-0.05, 0) is 35.0 Å². The Bertz CT molecular complexity index is 553. The van der Waals surface area contributed by atoms with Gasteiger partial charge < -0.3 is 5.11 Å². The second-order valence-electron chi connectivity index (χ2n) is 3.57. The molecule has 0 saturated carbocycles. The van der Waals surface area contributed by atoms with Gasteiger partial charge in [-0.25, -0.2) is 9.78 Å². The predicted octanol–water partition coefficient (Wildman–Crippen LogP) is 2.35.